The Balaban J connectivity index is 0.000000704. The van der Waals surface area contributed by atoms with Gasteiger partial charge >= 0.3 is 0 Å². The summed E-state index contributed by atoms with van der Waals surface area (Å²) in [6.45, 7) is 11.1. The molecule has 0 aromatic carbocycles. The molecular weight excluding hydrogens is 259 g/mol. The first kappa shape index (κ1) is 15.7. The molecule has 0 radical (unpaired) electrons. The van der Waals surface area contributed by atoms with Gasteiger partial charge in [0.25, 0.3) is 0 Å². The number of hydrogen-bond acceptors (Lipinski definition) is 4. The van der Waals surface area contributed by atoms with E-state index in [1.807, 2.05) is 18.7 Å². The van der Waals surface area contributed by atoms with Gasteiger partial charge in [-0.15, -0.1) is 9.60 Å². The van der Waals surface area contributed by atoms with Gasteiger partial charge in [0.05, 0.1) is 6.54 Å². The van der Waals surface area contributed by atoms with E-state index in [2.05, 4.69) is 16.8 Å². The number of likely N-dealkylation sites (N-methyl/N-ethyl adjacent to an activating group) is 1. The summed E-state index contributed by atoms with van der Waals surface area (Å²) >= 11 is 0. The maximum absolute atomic E-state index is 12.7. The second kappa shape index (κ2) is 6.37. The summed E-state index contributed by atoms with van der Waals surface area (Å²) in [6.07, 6.45) is 0. The maximum atomic E-state index is 12.7. The van der Waals surface area contributed by atoms with Crippen molar-refractivity contribution in [3.8, 4) is 0 Å². The van der Waals surface area contributed by atoms with Gasteiger partial charge in [0.1, 0.15) is 0 Å². The zero-order valence-electron chi connectivity index (χ0n) is 12.9. The van der Waals surface area contributed by atoms with Crippen molar-refractivity contribution in [3.63, 3.8) is 0 Å². The van der Waals surface area contributed by atoms with Gasteiger partial charge in [-0.25, -0.2) is 0 Å². The predicted molar refractivity (Wildman–Crippen MR) is 77.0 cm³/mol. The molecule has 0 bridgehead atoms. The Bertz CT molecular complexity index is 330. The fourth-order valence-electron chi connectivity index (χ4n) is 3.12. The van der Waals surface area contributed by atoms with E-state index in [4.69, 9.17) is 0 Å². The molecule has 0 unspecified atom stereocenters. The van der Waals surface area contributed by atoms with Gasteiger partial charge < -0.3 is 9.80 Å². The van der Waals surface area contributed by atoms with E-state index in [0.717, 1.165) is 44.4 Å². The molecule has 0 saturated carbocycles. The van der Waals surface area contributed by atoms with Crippen molar-refractivity contribution in [1.29, 1.82) is 0 Å². The monoisotopic (exact) mass is 286 g/mol. The molecule has 0 aliphatic carbocycles. The number of rotatable bonds is 2. The van der Waals surface area contributed by atoms with E-state index in [-0.39, 0.29) is 11.3 Å². The minimum Gasteiger partial charge on any atom is -0.340 e. The second-order valence-corrected chi connectivity index (χ2v) is 6.11. The molecule has 3 rings (SSSR count). The van der Waals surface area contributed by atoms with Crippen LogP contribution < -0.4 is 0 Å². The van der Waals surface area contributed by atoms with E-state index in [9.17, 15) is 9.28 Å². The second-order valence-electron chi connectivity index (χ2n) is 6.11. The largest absolute Gasteiger partial charge is 0.340 e. The van der Waals surface area contributed by atoms with Crippen molar-refractivity contribution in [3.05, 3.63) is 0 Å². The molecular formula is C14H27FN4O. The van der Waals surface area contributed by atoms with Crippen LogP contribution in [0, 0.1) is 5.41 Å². The highest BCUT2D eigenvalue weighted by molar-refractivity contribution is 5.79. The number of nitrogens with zero attached hydrogens (tertiary/aromatic N) is 4. The van der Waals surface area contributed by atoms with E-state index < -0.39 is 0 Å². The molecule has 0 aromatic rings. The minimum absolute atomic E-state index is 0.0898. The van der Waals surface area contributed by atoms with Crippen molar-refractivity contribution in [1.82, 2.24) is 19.8 Å². The van der Waals surface area contributed by atoms with Crippen molar-refractivity contribution in [2.45, 2.75) is 13.8 Å². The molecule has 0 N–H and O–H groups in total. The summed E-state index contributed by atoms with van der Waals surface area (Å²) in [7, 11) is 2.11. The number of carbonyl (C=O) groups is 1. The zero-order valence-corrected chi connectivity index (χ0v) is 12.9. The minimum atomic E-state index is 0.0898. The van der Waals surface area contributed by atoms with Gasteiger partial charge in [-0.1, -0.05) is 13.8 Å². The quantitative estimate of drug-likeness (QED) is 0.683. The Morgan fingerprint density at radius 3 is 2.10 bits per heavy atom. The Morgan fingerprint density at radius 2 is 1.60 bits per heavy atom. The van der Waals surface area contributed by atoms with Crippen LogP contribution in [-0.2, 0) is 4.79 Å². The third-order valence-corrected chi connectivity index (χ3v) is 4.37. The molecule has 3 aliphatic heterocycles. The highest BCUT2D eigenvalue weighted by Gasteiger charge is 2.53. The van der Waals surface area contributed by atoms with Crippen molar-refractivity contribution < 1.29 is 9.28 Å². The Labute approximate surface area is 121 Å². The van der Waals surface area contributed by atoms with Gasteiger partial charge in [-0.3, -0.25) is 9.69 Å². The summed E-state index contributed by atoms with van der Waals surface area (Å²) in [5.74, 6) is 0.211. The van der Waals surface area contributed by atoms with Gasteiger partial charge in [-0.2, -0.15) is 0 Å². The van der Waals surface area contributed by atoms with Crippen LogP contribution >= 0.6 is 0 Å². The van der Waals surface area contributed by atoms with Crippen LogP contribution in [0.15, 0.2) is 0 Å². The number of halogens is 1. The van der Waals surface area contributed by atoms with Crippen LogP contribution in [0.2, 0.25) is 0 Å². The molecule has 5 nitrogen and oxygen atoms in total. The van der Waals surface area contributed by atoms with Crippen LogP contribution in [0.4, 0.5) is 4.48 Å². The van der Waals surface area contributed by atoms with Crippen molar-refractivity contribution in [2.75, 3.05) is 66.0 Å². The number of likely N-dealkylation sites (tertiary alicyclic amines) is 1. The molecule has 0 atom stereocenters. The molecule has 3 aliphatic rings. The van der Waals surface area contributed by atoms with E-state index in [0.29, 0.717) is 19.6 Å². The van der Waals surface area contributed by atoms with Gasteiger partial charge in [0, 0.05) is 57.8 Å². The lowest BCUT2D eigenvalue weighted by molar-refractivity contribution is -0.198. The fourth-order valence-corrected chi connectivity index (χ4v) is 3.12. The molecule has 3 saturated heterocycles. The number of hydrogen-bond donors (Lipinski definition) is 0. The molecule has 1 spiro atoms. The van der Waals surface area contributed by atoms with E-state index in [1.54, 1.807) is 0 Å². The standard InChI is InChI=1S/C12H21FN4O.C2H6/c1-14-2-4-15(5-3-14)6-11(18)16-7-12(8-16)9-17(13)10-12;1-2/h2-10H2,1H3;1-2H3. The first-order chi connectivity index (χ1) is 9.56. The van der Waals surface area contributed by atoms with Crippen LogP contribution in [0.5, 0.6) is 0 Å². The molecule has 3 heterocycles. The molecule has 20 heavy (non-hydrogen) atoms. The number of amides is 1. The zero-order chi connectivity index (χ0) is 14.8. The van der Waals surface area contributed by atoms with Gasteiger partial charge in [-0.05, 0) is 7.05 Å². The third kappa shape index (κ3) is 3.30. The first-order valence-corrected chi connectivity index (χ1v) is 7.66. The molecule has 1 amide bonds. The summed E-state index contributed by atoms with van der Waals surface area (Å²) in [5, 5.41) is 0.836. The summed E-state index contributed by atoms with van der Waals surface area (Å²) in [6, 6.07) is 0. The molecule has 0 aromatic heterocycles. The molecule has 6 heteroatoms. The highest BCUT2D eigenvalue weighted by Crippen LogP contribution is 2.39. The summed E-state index contributed by atoms with van der Waals surface area (Å²) in [5.41, 5.74) is 0.0898. The third-order valence-electron chi connectivity index (χ3n) is 4.37. The van der Waals surface area contributed by atoms with E-state index >= 15 is 0 Å². The topological polar surface area (TPSA) is 30.0 Å². The van der Waals surface area contributed by atoms with Crippen molar-refractivity contribution >= 4 is 5.91 Å². The lowest BCUT2D eigenvalue weighted by Gasteiger charge is -2.57. The Morgan fingerprint density at radius 1 is 1.05 bits per heavy atom. The van der Waals surface area contributed by atoms with Gasteiger partial charge in [0.2, 0.25) is 5.91 Å². The SMILES string of the molecule is CC.CN1CCN(CC(=O)N2CC3(CN(F)C3)C2)CC1. The summed E-state index contributed by atoms with van der Waals surface area (Å²) in [4.78, 5) is 18.4. The Kier molecular flexibility index (Phi) is 4.99. The Hall–Kier alpha value is -0.720. The first-order valence-electron chi connectivity index (χ1n) is 7.66. The summed E-state index contributed by atoms with van der Waals surface area (Å²) < 4.78 is 12.7. The number of carbonyl (C=O) groups excluding carboxylic acids is 1. The molecule has 116 valence electrons. The maximum Gasteiger partial charge on any atom is 0.236 e. The lowest BCUT2D eigenvalue weighted by Crippen LogP contribution is -2.71. The normalized spacial score (nSPS) is 26.5. The van der Waals surface area contributed by atoms with Gasteiger partial charge in [0.15, 0.2) is 0 Å². The van der Waals surface area contributed by atoms with Crippen LogP contribution in [-0.4, -0.2) is 91.7 Å². The predicted octanol–water partition coefficient (Wildman–Crippen LogP) is 0.289. The van der Waals surface area contributed by atoms with E-state index in [1.165, 1.54) is 0 Å². The van der Waals surface area contributed by atoms with Crippen LogP contribution in [0.3, 0.4) is 0 Å². The van der Waals surface area contributed by atoms with Crippen LogP contribution in [0.25, 0.3) is 0 Å². The lowest BCUT2D eigenvalue weighted by atomic mass is 9.74. The fraction of sp³-hybridized carbons (Fsp3) is 0.929. The number of piperazine rings is 1. The average Bonchev–Trinajstić information content (AvgIpc) is 2.37. The highest BCUT2D eigenvalue weighted by atomic mass is 19.2. The smallest absolute Gasteiger partial charge is 0.236 e. The van der Waals surface area contributed by atoms with Crippen LogP contribution in [0.1, 0.15) is 13.8 Å². The molecule has 3 fully saturated rings. The van der Waals surface area contributed by atoms with Crippen molar-refractivity contribution in [2.24, 2.45) is 5.41 Å². The average molecular weight is 286 g/mol.